The first-order chi connectivity index (χ1) is 24.8. The number of pyridine rings is 1. The van der Waals surface area contributed by atoms with E-state index < -0.39 is 0 Å². The summed E-state index contributed by atoms with van der Waals surface area (Å²) in [6, 6.07) is 62.7. The number of hydrogen-bond acceptors (Lipinski definition) is 3. The highest BCUT2D eigenvalue weighted by atomic mass is 16.3. The van der Waals surface area contributed by atoms with E-state index in [1.807, 2.05) is 12.3 Å². The fraction of sp³-hybridized carbons (Fsp3) is 0. The topological polar surface area (TPSA) is 29.3 Å². The van der Waals surface area contributed by atoms with E-state index in [9.17, 15) is 0 Å². The van der Waals surface area contributed by atoms with Crippen LogP contribution in [0.4, 0.5) is 17.1 Å². The minimum atomic E-state index is 0.847. The Bertz CT molecular complexity index is 2850. The van der Waals surface area contributed by atoms with Crippen molar-refractivity contribution in [2.45, 2.75) is 0 Å². The molecule has 0 saturated heterocycles. The Morgan fingerprint density at radius 2 is 1.06 bits per heavy atom. The summed E-state index contributed by atoms with van der Waals surface area (Å²) in [4.78, 5) is 6.92. The molecule has 10 rings (SSSR count). The van der Waals surface area contributed by atoms with Crippen LogP contribution in [0, 0.1) is 0 Å². The van der Waals surface area contributed by atoms with Crippen LogP contribution < -0.4 is 4.90 Å². The van der Waals surface area contributed by atoms with Crippen molar-refractivity contribution in [1.82, 2.24) is 4.98 Å². The van der Waals surface area contributed by atoms with Gasteiger partial charge >= 0.3 is 0 Å². The quantitative estimate of drug-likeness (QED) is 0.176. The zero-order valence-corrected chi connectivity index (χ0v) is 27.1. The lowest BCUT2D eigenvalue weighted by molar-refractivity contribution is 0.672. The van der Waals surface area contributed by atoms with Crippen LogP contribution in [0.5, 0.6) is 0 Å². The average Bonchev–Trinajstić information content (AvgIpc) is 3.59. The van der Waals surface area contributed by atoms with Gasteiger partial charge < -0.3 is 9.32 Å². The standard InChI is InChI=1S/C47H30N2O/c1-2-8-31(9-3-1)32-17-22-37(23-18-32)49(44-13-6-14-45-46(44)42-27-28-43-41(47(42)50-45)12-7-29-48-43)38-24-19-33(20-25-38)35-21-26-40-36(30-35)16-15-34-10-4-5-11-39(34)40/h1-30H. The molecule has 0 aliphatic heterocycles. The maximum Gasteiger partial charge on any atom is 0.144 e. The van der Waals surface area contributed by atoms with Gasteiger partial charge in [0, 0.05) is 28.3 Å². The number of furan rings is 1. The Kier molecular flexibility index (Phi) is 6.49. The predicted molar refractivity (Wildman–Crippen MR) is 210 cm³/mol. The van der Waals surface area contributed by atoms with E-state index in [1.165, 1.54) is 43.8 Å². The highest BCUT2D eigenvalue weighted by Gasteiger charge is 2.20. The molecule has 0 aliphatic carbocycles. The van der Waals surface area contributed by atoms with Gasteiger partial charge in [0.1, 0.15) is 11.2 Å². The van der Waals surface area contributed by atoms with Crippen LogP contribution in [0.1, 0.15) is 0 Å². The maximum absolute atomic E-state index is 6.58. The number of aromatic nitrogens is 1. The maximum atomic E-state index is 6.58. The summed E-state index contributed by atoms with van der Waals surface area (Å²) in [7, 11) is 0. The molecule has 2 heterocycles. The van der Waals surface area contributed by atoms with Crippen LogP contribution in [0.3, 0.4) is 0 Å². The van der Waals surface area contributed by atoms with Crippen LogP contribution in [0.25, 0.3) is 76.6 Å². The highest BCUT2D eigenvalue weighted by molar-refractivity contribution is 6.19. The van der Waals surface area contributed by atoms with Gasteiger partial charge in [0.2, 0.25) is 0 Å². The highest BCUT2D eigenvalue weighted by Crippen LogP contribution is 2.44. The van der Waals surface area contributed by atoms with Crippen molar-refractivity contribution in [1.29, 1.82) is 0 Å². The first-order valence-electron chi connectivity index (χ1n) is 17.0. The molecule has 0 bridgehead atoms. The number of fused-ring (bicyclic) bond motifs is 8. The first-order valence-corrected chi connectivity index (χ1v) is 17.0. The molecule has 0 radical (unpaired) electrons. The minimum absolute atomic E-state index is 0.847. The van der Waals surface area contributed by atoms with Crippen molar-refractivity contribution in [3.63, 3.8) is 0 Å². The van der Waals surface area contributed by atoms with Crippen molar-refractivity contribution in [3.05, 3.63) is 182 Å². The Hall–Kier alpha value is -6.71. The fourth-order valence-electron chi connectivity index (χ4n) is 7.46. The second kappa shape index (κ2) is 11.5. The first kappa shape index (κ1) is 28.3. The lowest BCUT2D eigenvalue weighted by Gasteiger charge is -2.26. The summed E-state index contributed by atoms with van der Waals surface area (Å²) in [5.74, 6) is 0. The number of benzene rings is 8. The second-order valence-corrected chi connectivity index (χ2v) is 12.8. The van der Waals surface area contributed by atoms with Gasteiger partial charge in [-0.1, -0.05) is 109 Å². The third-order valence-electron chi connectivity index (χ3n) is 9.90. The van der Waals surface area contributed by atoms with Crippen molar-refractivity contribution >= 4 is 71.4 Å². The molecule has 234 valence electrons. The Morgan fingerprint density at radius 1 is 0.420 bits per heavy atom. The summed E-state index contributed by atoms with van der Waals surface area (Å²) in [6.45, 7) is 0. The van der Waals surface area contributed by atoms with E-state index in [-0.39, 0.29) is 0 Å². The summed E-state index contributed by atoms with van der Waals surface area (Å²) in [6.07, 6.45) is 1.83. The Labute approximate surface area is 289 Å². The molecule has 10 aromatic rings. The summed E-state index contributed by atoms with van der Waals surface area (Å²) in [5.41, 5.74) is 10.6. The SMILES string of the molecule is c1ccc(-c2ccc(N(c3ccc(-c4ccc5c(ccc6ccccc65)c4)cc3)c3cccc4oc5c6cccnc6ccc5c34)cc2)cc1. The molecule has 0 amide bonds. The second-order valence-electron chi connectivity index (χ2n) is 12.8. The smallest absolute Gasteiger partial charge is 0.144 e. The molecule has 0 fully saturated rings. The van der Waals surface area contributed by atoms with Gasteiger partial charge in [-0.25, -0.2) is 0 Å². The van der Waals surface area contributed by atoms with Crippen molar-refractivity contribution in [2.24, 2.45) is 0 Å². The molecule has 0 atom stereocenters. The van der Waals surface area contributed by atoms with Gasteiger partial charge in [-0.15, -0.1) is 0 Å². The summed E-state index contributed by atoms with van der Waals surface area (Å²) in [5, 5.41) is 8.22. The average molecular weight is 639 g/mol. The molecule has 2 aromatic heterocycles. The molecule has 0 unspecified atom stereocenters. The van der Waals surface area contributed by atoms with Gasteiger partial charge in [0.05, 0.1) is 16.6 Å². The van der Waals surface area contributed by atoms with Gasteiger partial charge in [-0.3, -0.25) is 4.98 Å². The summed E-state index contributed by atoms with van der Waals surface area (Å²) >= 11 is 0. The normalized spacial score (nSPS) is 11.6. The molecule has 3 heteroatoms. The third-order valence-corrected chi connectivity index (χ3v) is 9.90. The fourth-order valence-corrected chi connectivity index (χ4v) is 7.46. The van der Waals surface area contributed by atoms with Crippen molar-refractivity contribution in [2.75, 3.05) is 4.90 Å². The number of hydrogen-bond donors (Lipinski definition) is 0. The lowest BCUT2D eigenvalue weighted by atomic mass is 9.97. The van der Waals surface area contributed by atoms with Gasteiger partial charge in [-0.05, 0) is 111 Å². The number of rotatable bonds is 5. The lowest BCUT2D eigenvalue weighted by Crippen LogP contribution is -2.10. The molecule has 0 spiro atoms. The predicted octanol–water partition coefficient (Wildman–Crippen LogP) is 13.2. The van der Waals surface area contributed by atoms with E-state index in [0.717, 1.165) is 49.9 Å². The Morgan fingerprint density at radius 3 is 1.88 bits per heavy atom. The van der Waals surface area contributed by atoms with Gasteiger partial charge in [-0.2, -0.15) is 0 Å². The van der Waals surface area contributed by atoms with Crippen LogP contribution in [-0.4, -0.2) is 4.98 Å². The van der Waals surface area contributed by atoms with E-state index in [0.29, 0.717) is 0 Å². The van der Waals surface area contributed by atoms with E-state index in [2.05, 4.69) is 180 Å². The van der Waals surface area contributed by atoms with E-state index in [1.54, 1.807) is 0 Å². The van der Waals surface area contributed by atoms with Crippen molar-refractivity contribution < 1.29 is 4.42 Å². The van der Waals surface area contributed by atoms with E-state index >= 15 is 0 Å². The Balaban J connectivity index is 1.12. The van der Waals surface area contributed by atoms with Crippen molar-refractivity contribution in [3.8, 4) is 22.3 Å². The minimum Gasteiger partial charge on any atom is -0.455 e. The van der Waals surface area contributed by atoms with Crippen LogP contribution in [0.15, 0.2) is 187 Å². The number of nitrogens with zero attached hydrogens (tertiary/aromatic N) is 2. The van der Waals surface area contributed by atoms with Crippen LogP contribution in [0.2, 0.25) is 0 Å². The van der Waals surface area contributed by atoms with Gasteiger partial charge in [0.25, 0.3) is 0 Å². The number of anilines is 3. The van der Waals surface area contributed by atoms with Gasteiger partial charge in [0.15, 0.2) is 0 Å². The largest absolute Gasteiger partial charge is 0.455 e. The van der Waals surface area contributed by atoms with E-state index in [4.69, 9.17) is 4.42 Å². The molecular weight excluding hydrogens is 609 g/mol. The molecule has 0 aliphatic rings. The summed E-state index contributed by atoms with van der Waals surface area (Å²) < 4.78 is 6.58. The molecular formula is C47H30N2O. The molecule has 3 nitrogen and oxygen atoms in total. The zero-order valence-electron chi connectivity index (χ0n) is 27.1. The molecule has 8 aromatic carbocycles. The third kappa shape index (κ3) is 4.63. The molecule has 0 saturated carbocycles. The molecule has 0 N–H and O–H groups in total. The van der Waals surface area contributed by atoms with Crippen LogP contribution in [-0.2, 0) is 0 Å². The monoisotopic (exact) mass is 638 g/mol. The molecule has 50 heavy (non-hydrogen) atoms. The van der Waals surface area contributed by atoms with Crippen LogP contribution >= 0.6 is 0 Å². The zero-order chi connectivity index (χ0) is 33.0.